The van der Waals surface area contributed by atoms with Crippen LogP contribution in [0, 0.1) is 6.92 Å². The molecule has 2 aromatic carbocycles. The molecule has 2 aromatic rings. The summed E-state index contributed by atoms with van der Waals surface area (Å²) in [6.07, 6.45) is 0. The van der Waals surface area contributed by atoms with E-state index in [0.717, 1.165) is 5.56 Å². The Morgan fingerprint density at radius 2 is 1.82 bits per heavy atom. The predicted molar refractivity (Wildman–Crippen MR) is 83.4 cm³/mol. The van der Waals surface area contributed by atoms with Crippen LogP contribution in [0.3, 0.4) is 0 Å². The fraction of sp³-hybridized carbons (Fsp3) is 0.125. The zero-order valence-corrected chi connectivity index (χ0v) is 13.3. The largest absolute Gasteiger partial charge is 0.482 e. The van der Waals surface area contributed by atoms with Crippen molar-refractivity contribution >= 4 is 27.9 Å². The van der Waals surface area contributed by atoms with E-state index in [-0.39, 0.29) is 17.9 Å². The van der Waals surface area contributed by atoms with Crippen molar-refractivity contribution in [2.24, 2.45) is 0 Å². The molecule has 0 amide bonds. The number of carbonyl (C=O) groups is 2. The molecule has 0 atom stereocenters. The van der Waals surface area contributed by atoms with Crippen LogP contribution in [-0.2, 0) is 4.79 Å². The van der Waals surface area contributed by atoms with Crippen molar-refractivity contribution in [1.29, 1.82) is 0 Å². The molecule has 0 bridgehead atoms. The quantitative estimate of drug-likeness (QED) is 0.649. The highest BCUT2D eigenvalue weighted by Gasteiger charge is 2.12. The Labute approximate surface area is 135 Å². The molecule has 0 aliphatic carbocycles. The number of carbonyl (C=O) groups excluding carboxylic acids is 1. The molecule has 0 radical (unpaired) electrons. The summed E-state index contributed by atoms with van der Waals surface area (Å²) in [7, 11) is 0. The summed E-state index contributed by atoms with van der Waals surface area (Å²) < 4.78 is 10.8. The molecule has 0 saturated carbocycles. The van der Waals surface area contributed by atoms with Gasteiger partial charge in [-0.15, -0.1) is 0 Å². The third-order valence-corrected chi connectivity index (χ3v) is 3.40. The van der Waals surface area contributed by atoms with Crippen LogP contribution >= 0.6 is 15.9 Å². The fourth-order valence-corrected chi connectivity index (χ4v) is 2.11. The molecule has 0 aliphatic heterocycles. The van der Waals surface area contributed by atoms with Crippen LogP contribution in [0.15, 0.2) is 46.9 Å². The number of aromatic carboxylic acids is 1. The van der Waals surface area contributed by atoms with Crippen LogP contribution in [0.5, 0.6) is 11.5 Å². The van der Waals surface area contributed by atoms with E-state index in [0.29, 0.717) is 10.2 Å². The highest BCUT2D eigenvalue weighted by molar-refractivity contribution is 9.10. The first-order chi connectivity index (χ1) is 10.5. The van der Waals surface area contributed by atoms with Crippen molar-refractivity contribution in [2.75, 3.05) is 6.61 Å². The molecule has 0 aromatic heterocycles. The molecule has 114 valence electrons. The third-order valence-electron chi connectivity index (χ3n) is 2.78. The monoisotopic (exact) mass is 364 g/mol. The number of ether oxygens (including phenoxy) is 2. The van der Waals surface area contributed by atoms with E-state index >= 15 is 0 Å². The zero-order valence-electron chi connectivity index (χ0n) is 11.7. The topological polar surface area (TPSA) is 72.8 Å². The average molecular weight is 365 g/mol. The minimum absolute atomic E-state index is 0.0996. The second-order valence-electron chi connectivity index (χ2n) is 4.53. The number of benzene rings is 2. The Kier molecular flexibility index (Phi) is 5.16. The van der Waals surface area contributed by atoms with Gasteiger partial charge in [0.25, 0.3) is 0 Å². The van der Waals surface area contributed by atoms with Gasteiger partial charge in [-0.1, -0.05) is 17.7 Å². The molecule has 2 rings (SSSR count). The van der Waals surface area contributed by atoms with Gasteiger partial charge in [0, 0.05) is 0 Å². The van der Waals surface area contributed by atoms with Crippen LogP contribution in [0.1, 0.15) is 15.9 Å². The smallest absolute Gasteiger partial charge is 0.349 e. The Balaban J connectivity index is 1.94. The first kappa shape index (κ1) is 16.0. The summed E-state index contributed by atoms with van der Waals surface area (Å²) in [5.41, 5.74) is 1.19. The maximum absolute atomic E-state index is 11.7. The van der Waals surface area contributed by atoms with Gasteiger partial charge in [-0.25, -0.2) is 9.59 Å². The number of hydrogen-bond acceptors (Lipinski definition) is 4. The summed E-state index contributed by atoms with van der Waals surface area (Å²) in [6.45, 7) is 1.71. The standard InChI is InChI=1S/C16H13BrO5/c1-10-2-5-12(6-3-10)21-9-15(18)22-14-7-4-11(16(19)20)8-13(14)17/h2-8H,9H2,1H3,(H,19,20). The zero-order chi connectivity index (χ0) is 16.1. The normalized spacial score (nSPS) is 10.1. The lowest BCUT2D eigenvalue weighted by Crippen LogP contribution is -2.18. The minimum Gasteiger partial charge on any atom is -0.482 e. The Bertz CT molecular complexity index is 694. The molecule has 6 heteroatoms. The van der Waals surface area contributed by atoms with Gasteiger partial charge in [0.05, 0.1) is 10.0 Å². The fourth-order valence-electron chi connectivity index (χ4n) is 1.65. The molecule has 0 fully saturated rings. The van der Waals surface area contributed by atoms with Gasteiger partial charge >= 0.3 is 11.9 Å². The average Bonchev–Trinajstić information content (AvgIpc) is 2.48. The van der Waals surface area contributed by atoms with Crippen molar-refractivity contribution < 1.29 is 24.2 Å². The van der Waals surface area contributed by atoms with Gasteiger partial charge in [-0.05, 0) is 53.2 Å². The van der Waals surface area contributed by atoms with E-state index in [4.69, 9.17) is 14.6 Å². The lowest BCUT2D eigenvalue weighted by molar-refractivity contribution is -0.136. The van der Waals surface area contributed by atoms with Gasteiger partial charge in [-0.2, -0.15) is 0 Å². The molecule has 0 unspecified atom stereocenters. The molecule has 0 aliphatic rings. The highest BCUT2D eigenvalue weighted by Crippen LogP contribution is 2.26. The minimum atomic E-state index is -1.05. The number of rotatable bonds is 5. The third kappa shape index (κ3) is 4.33. The van der Waals surface area contributed by atoms with Crippen LogP contribution in [-0.4, -0.2) is 23.7 Å². The lowest BCUT2D eigenvalue weighted by Gasteiger charge is -2.08. The first-order valence-electron chi connectivity index (χ1n) is 6.38. The number of esters is 1. The number of hydrogen-bond donors (Lipinski definition) is 1. The van der Waals surface area contributed by atoms with Gasteiger partial charge in [0.1, 0.15) is 11.5 Å². The van der Waals surface area contributed by atoms with Crippen molar-refractivity contribution in [3.05, 3.63) is 58.1 Å². The van der Waals surface area contributed by atoms with E-state index in [2.05, 4.69) is 15.9 Å². The lowest BCUT2D eigenvalue weighted by atomic mass is 10.2. The molecular weight excluding hydrogens is 352 g/mol. The molecule has 5 nitrogen and oxygen atoms in total. The second-order valence-corrected chi connectivity index (χ2v) is 5.38. The summed E-state index contributed by atoms with van der Waals surface area (Å²) in [5.74, 6) is -0.823. The van der Waals surface area contributed by atoms with Gasteiger partial charge < -0.3 is 14.6 Å². The molecule has 1 N–H and O–H groups in total. The van der Waals surface area contributed by atoms with Gasteiger partial charge in [-0.3, -0.25) is 0 Å². The summed E-state index contributed by atoms with van der Waals surface area (Å²) in [6, 6.07) is 11.4. The van der Waals surface area contributed by atoms with Crippen LogP contribution < -0.4 is 9.47 Å². The Morgan fingerprint density at radius 1 is 1.14 bits per heavy atom. The van der Waals surface area contributed by atoms with E-state index in [9.17, 15) is 9.59 Å². The summed E-state index contributed by atoms with van der Waals surface area (Å²) in [4.78, 5) is 22.6. The molecular formula is C16H13BrO5. The molecule has 0 spiro atoms. The van der Waals surface area contributed by atoms with Crippen molar-refractivity contribution in [1.82, 2.24) is 0 Å². The maximum Gasteiger partial charge on any atom is 0.349 e. The number of carboxylic acids is 1. The first-order valence-corrected chi connectivity index (χ1v) is 7.18. The van der Waals surface area contributed by atoms with Crippen molar-refractivity contribution in [2.45, 2.75) is 6.92 Å². The van der Waals surface area contributed by atoms with Gasteiger partial charge in [0.15, 0.2) is 6.61 Å². The summed E-state index contributed by atoms with van der Waals surface area (Å²) >= 11 is 3.17. The highest BCUT2D eigenvalue weighted by atomic mass is 79.9. The number of halogens is 1. The second kappa shape index (κ2) is 7.09. The summed E-state index contributed by atoms with van der Waals surface area (Å²) in [5, 5.41) is 8.86. The maximum atomic E-state index is 11.7. The number of aryl methyl sites for hydroxylation is 1. The molecule has 0 heterocycles. The van der Waals surface area contributed by atoms with E-state index in [1.54, 1.807) is 12.1 Å². The SMILES string of the molecule is Cc1ccc(OCC(=O)Oc2ccc(C(=O)O)cc2Br)cc1. The van der Waals surface area contributed by atoms with E-state index in [1.807, 2.05) is 19.1 Å². The van der Waals surface area contributed by atoms with Crippen LogP contribution in [0.25, 0.3) is 0 Å². The van der Waals surface area contributed by atoms with E-state index in [1.165, 1.54) is 18.2 Å². The van der Waals surface area contributed by atoms with Crippen LogP contribution in [0.4, 0.5) is 0 Å². The van der Waals surface area contributed by atoms with Crippen LogP contribution in [0.2, 0.25) is 0 Å². The van der Waals surface area contributed by atoms with Gasteiger partial charge in [0.2, 0.25) is 0 Å². The van der Waals surface area contributed by atoms with E-state index < -0.39 is 11.9 Å². The molecule has 0 saturated heterocycles. The Morgan fingerprint density at radius 3 is 2.41 bits per heavy atom. The van der Waals surface area contributed by atoms with Crippen molar-refractivity contribution in [3.8, 4) is 11.5 Å². The molecule has 22 heavy (non-hydrogen) atoms. The Hall–Kier alpha value is -2.34. The predicted octanol–water partition coefficient (Wildman–Crippen LogP) is 3.44. The van der Waals surface area contributed by atoms with Crippen molar-refractivity contribution in [3.63, 3.8) is 0 Å². The number of carboxylic acid groups (broad SMARTS) is 1.